The van der Waals surface area contributed by atoms with Gasteiger partial charge in [-0.3, -0.25) is 0 Å². The average Bonchev–Trinajstić information content (AvgIpc) is 2.73. The van der Waals surface area contributed by atoms with Gasteiger partial charge >= 0.3 is 0 Å². The second kappa shape index (κ2) is 9.67. The fourth-order valence-electron chi connectivity index (χ4n) is 2.78. The highest BCUT2D eigenvalue weighted by atomic mass is 32.2. The summed E-state index contributed by atoms with van der Waals surface area (Å²) < 4.78 is 37.9. The number of anilines is 2. The summed E-state index contributed by atoms with van der Waals surface area (Å²) in [5.41, 5.74) is 0.968. The topological polar surface area (TPSA) is 106 Å². The smallest absolute Gasteiger partial charge is 0.240 e. The third kappa shape index (κ3) is 5.54. The Morgan fingerprint density at radius 2 is 1.93 bits per heavy atom. The number of morpholine rings is 1. The highest BCUT2D eigenvalue weighted by Crippen LogP contribution is 2.17. The summed E-state index contributed by atoms with van der Waals surface area (Å²) in [6.07, 6.45) is 1.71. The highest BCUT2D eigenvalue weighted by molar-refractivity contribution is 7.89. The van der Waals surface area contributed by atoms with Crippen molar-refractivity contribution in [2.75, 3.05) is 56.2 Å². The molecule has 2 aromatic rings. The lowest BCUT2D eigenvalue weighted by Gasteiger charge is -2.28. The van der Waals surface area contributed by atoms with E-state index in [-0.39, 0.29) is 11.4 Å². The Labute approximate surface area is 165 Å². The lowest BCUT2D eigenvalue weighted by molar-refractivity contribution is 0.122. The molecule has 2 heterocycles. The molecule has 1 aromatic carbocycles. The molecule has 0 unspecified atom stereocenters. The van der Waals surface area contributed by atoms with Crippen LogP contribution in [0, 0.1) is 0 Å². The second-order valence-corrected chi connectivity index (χ2v) is 7.89. The van der Waals surface area contributed by atoms with Gasteiger partial charge in [0, 0.05) is 32.2 Å². The quantitative estimate of drug-likeness (QED) is 0.596. The van der Waals surface area contributed by atoms with Gasteiger partial charge in [-0.25, -0.2) is 13.1 Å². The maximum absolute atomic E-state index is 12.3. The molecule has 1 aliphatic heterocycles. The van der Waals surface area contributed by atoms with Crippen LogP contribution in [0.3, 0.4) is 0 Å². The summed E-state index contributed by atoms with van der Waals surface area (Å²) >= 11 is 0. The van der Waals surface area contributed by atoms with Crippen molar-refractivity contribution < 1.29 is 17.9 Å². The average molecular weight is 407 g/mol. The molecule has 1 fully saturated rings. The van der Waals surface area contributed by atoms with Gasteiger partial charge in [0.2, 0.25) is 10.0 Å². The van der Waals surface area contributed by atoms with Crippen molar-refractivity contribution >= 4 is 21.5 Å². The molecule has 0 radical (unpaired) electrons. The van der Waals surface area contributed by atoms with Gasteiger partial charge in [0.1, 0.15) is 5.75 Å². The standard InChI is InChI=1S/C18H25N5O4S/c1-2-27-16-3-5-17(6-4-16)28(24,25)21-8-7-19-18-13-15(14-20-22-18)23-9-11-26-12-10-23/h3-6,13-14,21H,2,7-12H2,1H3,(H,19,22). The third-order valence-electron chi connectivity index (χ3n) is 4.18. The molecule has 3 rings (SSSR count). The first-order chi connectivity index (χ1) is 13.6. The molecule has 0 bridgehead atoms. The van der Waals surface area contributed by atoms with E-state index in [0.717, 1.165) is 18.8 Å². The summed E-state index contributed by atoms with van der Waals surface area (Å²) in [6.45, 7) is 6.03. The Balaban J connectivity index is 1.49. The third-order valence-corrected chi connectivity index (χ3v) is 5.66. The van der Waals surface area contributed by atoms with Crippen molar-refractivity contribution in [3.63, 3.8) is 0 Å². The molecular formula is C18H25N5O4S. The van der Waals surface area contributed by atoms with Crippen molar-refractivity contribution in [1.82, 2.24) is 14.9 Å². The number of benzene rings is 1. The van der Waals surface area contributed by atoms with E-state index in [0.29, 0.717) is 37.9 Å². The van der Waals surface area contributed by atoms with Crippen molar-refractivity contribution in [2.24, 2.45) is 0 Å². The van der Waals surface area contributed by atoms with Crippen LogP contribution < -0.4 is 19.7 Å². The fraction of sp³-hybridized carbons (Fsp3) is 0.444. The van der Waals surface area contributed by atoms with E-state index in [1.54, 1.807) is 18.3 Å². The predicted octanol–water partition coefficient (Wildman–Crippen LogP) is 1.10. The minimum absolute atomic E-state index is 0.199. The van der Waals surface area contributed by atoms with Gasteiger partial charge in [-0.05, 0) is 31.2 Å². The summed E-state index contributed by atoms with van der Waals surface area (Å²) in [5.74, 6) is 1.24. The summed E-state index contributed by atoms with van der Waals surface area (Å²) in [4.78, 5) is 2.38. The normalized spacial score (nSPS) is 14.7. The molecule has 0 atom stereocenters. The first-order valence-corrected chi connectivity index (χ1v) is 10.7. The molecule has 1 aliphatic rings. The van der Waals surface area contributed by atoms with E-state index in [2.05, 4.69) is 25.1 Å². The number of aromatic nitrogens is 2. The van der Waals surface area contributed by atoms with E-state index in [1.165, 1.54) is 12.1 Å². The van der Waals surface area contributed by atoms with Crippen LogP contribution >= 0.6 is 0 Å². The Morgan fingerprint density at radius 1 is 1.18 bits per heavy atom. The van der Waals surface area contributed by atoms with E-state index in [1.807, 2.05) is 13.0 Å². The van der Waals surface area contributed by atoms with Crippen LogP contribution in [0.15, 0.2) is 41.4 Å². The van der Waals surface area contributed by atoms with Crippen molar-refractivity contribution in [3.05, 3.63) is 36.5 Å². The van der Waals surface area contributed by atoms with Gasteiger partial charge < -0.3 is 19.7 Å². The summed E-state index contributed by atoms with van der Waals surface area (Å²) in [7, 11) is -3.58. The minimum Gasteiger partial charge on any atom is -0.494 e. The van der Waals surface area contributed by atoms with Crippen molar-refractivity contribution in [3.8, 4) is 5.75 Å². The number of hydrogen-bond donors (Lipinski definition) is 2. The van der Waals surface area contributed by atoms with Crippen LogP contribution in [0.2, 0.25) is 0 Å². The highest BCUT2D eigenvalue weighted by Gasteiger charge is 2.14. The van der Waals surface area contributed by atoms with Crippen LogP contribution in [0.1, 0.15) is 6.92 Å². The SMILES string of the molecule is CCOc1ccc(S(=O)(=O)NCCNc2cc(N3CCOCC3)cnn2)cc1. The Morgan fingerprint density at radius 3 is 2.64 bits per heavy atom. The number of sulfonamides is 1. The maximum Gasteiger partial charge on any atom is 0.240 e. The minimum atomic E-state index is -3.58. The largest absolute Gasteiger partial charge is 0.494 e. The number of rotatable bonds is 9. The fourth-order valence-corrected chi connectivity index (χ4v) is 3.81. The molecule has 1 saturated heterocycles. The van der Waals surface area contributed by atoms with E-state index in [9.17, 15) is 8.42 Å². The van der Waals surface area contributed by atoms with Gasteiger partial charge in [0.05, 0.1) is 36.6 Å². The Bertz CT molecular complexity index is 855. The Hall–Kier alpha value is -2.43. The molecule has 2 N–H and O–H groups in total. The molecule has 152 valence electrons. The zero-order valence-corrected chi connectivity index (χ0v) is 16.6. The zero-order valence-electron chi connectivity index (χ0n) is 15.8. The summed E-state index contributed by atoms with van der Waals surface area (Å²) in [6, 6.07) is 8.24. The lowest BCUT2D eigenvalue weighted by atomic mass is 10.3. The molecule has 28 heavy (non-hydrogen) atoms. The van der Waals surface area contributed by atoms with Crippen LogP contribution in [-0.4, -0.2) is 64.6 Å². The summed E-state index contributed by atoms with van der Waals surface area (Å²) in [5, 5.41) is 11.2. The molecule has 10 heteroatoms. The van der Waals surface area contributed by atoms with E-state index < -0.39 is 10.0 Å². The van der Waals surface area contributed by atoms with Gasteiger partial charge in [0.15, 0.2) is 5.82 Å². The van der Waals surface area contributed by atoms with Gasteiger partial charge in [-0.1, -0.05) is 0 Å². The molecule has 0 amide bonds. The maximum atomic E-state index is 12.3. The molecule has 0 saturated carbocycles. The lowest BCUT2D eigenvalue weighted by Crippen LogP contribution is -2.36. The first-order valence-electron chi connectivity index (χ1n) is 9.20. The molecular weight excluding hydrogens is 382 g/mol. The number of nitrogens with zero attached hydrogens (tertiary/aromatic N) is 3. The molecule has 0 aliphatic carbocycles. The van der Waals surface area contributed by atoms with Gasteiger partial charge in [-0.15, -0.1) is 5.10 Å². The van der Waals surface area contributed by atoms with Crippen LogP contribution in [0.5, 0.6) is 5.75 Å². The monoisotopic (exact) mass is 407 g/mol. The van der Waals surface area contributed by atoms with Crippen LogP contribution in [-0.2, 0) is 14.8 Å². The van der Waals surface area contributed by atoms with Gasteiger partial charge in [-0.2, -0.15) is 5.10 Å². The second-order valence-electron chi connectivity index (χ2n) is 6.13. The molecule has 0 spiro atoms. The Kier molecular flexibility index (Phi) is 7.01. The number of nitrogens with one attached hydrogen (secondary N) is 2. The van der Waals surface area contributed by atoms with E-state index >= 15 is 0 Å². The molecule has 9 nitrogen and oxygen atoms in total. The zero-order chi connectivity index (χ0) is 19.8. The van der Waals surface area contributed by atoms with Gasteiger partial charge in [0.25, 0.3) is 0 Å². The number of ether oxygens (including phenoxy) is 2. The first kappa shape index (κ1) is 20.3. The van der Waals surface area contributed by atoms with Crippen LogP contribution in [0.25, 0.3) is 0 Å². The van der Waals surface area contributed by atoms with Crippen molar-refractivity contribution in [2.45, 2.75) is 11.8 Å². The molecule has 1 aromatic heterocycles. The van der Waals surface area contributed by atoms with E-state index in [4.69, 9.17) is 9.47 Å². The van der Waals surface area contributed by atoms with Crippen molar-refractivity contribution in [1.29, 1.82) is 0 Å². The van der Waals surface area contributed by atoms with Crippen LogP contribution in [0.4, 0.5) is 11.5 Å². The predicted molar refractivity (Wildman–Crippen MR) is 106 cm³/mol. The number of hydrogen-bond acceptors (Lipinski definition) is 8.